The van der Waals surface area contributed by atoms with E-state index in [1.807, 2.05) is 0 Å². The number of hydroxylamine groups is 1. The molecule has 41 heavy (non-hydrogen) atoms. The first kappa shape index (κ1) is 31.6. The summed E-state index contributed by atoms with van der Waals surface area (Å²) in [6, 6.07) is -0.765. The van der Waals surface area contributed by atoms with Crippen LogP contribution in [0.4, 0.5) is 0 Å². The zero-order chi connectivity index (χ0) is 29.5. The second-order valence-electron chi connectivity index (χ2n) is 12.5. The van der Waals surface area contributed by atoms with E-state index in [-0.39, 0.29) is 61.8 Å². The molecule has 0 aromatic rings. The Hall–Kier alpha value is -2.35. The highest BCUT2D eigenvalue weighted by Crippen LogP contribution is 2.34. The lowest BCUT2D eigenvalue weighted by atomic mass is 9.76. The lowest BCUT2D eigenvalue weighted by Gasteiger charge is -2.36. The molecule has 4 aliphatic rings. The lowest BCUT2D eigenvalue weighted by Crippen LogP contribution is -2.48. The summed E-state index contributed by atoms with van der Waals surface area (Å²) in [7, 11) is 0. The van der Waals surface area contributed by atoms with E-state index in [1.54, 1.807) is 0 Å². The fourth-order valence-electron chi connectivity index (χ4n) is 7.15. The van der Waals surface area contributed by atoms with E-state index in [4.69, 9.17) is 9.57 Å². The predicted molar refractivity (Wildman–Crippen MR) is 144 cm³/mol. The molecule has 232 valence electrons. The van der Waals surface area contributed by atoms with Crippen molar-refractivity contribution >= 4 is 17.8 Å². The van der Waals surface area contributed by atoms with Crippen LogP contribution in [0.2, 0.25) is 0 Å². The Morgan fingerprint density at radius 2 is 1.37 bits per heavy atom. The number of ether oxygens (including phenoxy) is 1. The van der Waals surface area contributed by atoms with Crippen molar-refractivity contribution in [2.24, 2.45) is 23.7 Å². The van der Waals surface area contributed by atoms with Gasteiger partial charge in [-0.3, -0.25) is 24.5 Å². The summed E-state index contributed by atoms with van der Waals surface area (Å²) in [6.45, 7) is 0.316. The number of aliphatic hydroxyl groups is 1. The molecule has 4 aliphatic carbocycles. The molecule has 0 aromatic carbocycles. The topological polar surface area (TPSA) is 198 Å². The molecular weight excluding hydrogens is 538 g/mol. The molecule has 5 N–H and O–H groups in total. The normalized spacial score (nSPS) is 38.1. The molecule has 4 rings (SSSR count). The number of rotatable bonds is 11. The minimum Gasteiger partial charge on any atom is -0.481 e. The molecule has 6 unspecified atom stereocenters. The molecule has 13 nitrogen and oxygen atoms in total. The van der Waals surface area contributed by atoms with Crippen LogP contribution in [-0.4, -0.2) is 81.1 Å². The maximum Gasteiger partial charge on any atom is 0.307 e. The smallest absolute Gasteiger partial charge is 0.307 e. The molecule has 0 spiro atoms. The lowest BCUT2D eigenvalue weighted by molar-refractivity contribution is -0.528. The van der Waals surface area contributed by atoms with E-state index in [9.17, 15) is 39.8 Å². The van der Waals surface area contributed by atoms with Crippen LogP contribution in [0.5, 0.6) is 0 Å². The van der Waals surface area contributed by atoms with Crippen LogP contribution < -0.4 is 10.8 Å². The van der Waals surface area contributed by atoms with Crippen molar-refractivity contribution < 1.29 is 44.2 Å². The quantitative estimate of drug-likeness (QED) is 0.177. The van der Waals surface area contributed by atoms with Crippen LogP contribution in [0, 0.1) is 33.8 Å². The predicted octanol–water partition coefficient (Wildman–Crippen LogP) is 2.27. The number of hydrogen-bond donors (Lipinski definition) is 5. The maximum absolute atomic E-state index is 12.9. The number of aliphatic carboxylic acids is 2. The van der Waals surface area contributed by atoms with Gasteiger partial charge in [0.1, 0.15) is 0 Å². The highest BCUT2D eigenvalue weighted by atomic mass is 16.6. The average Bonchev–Trinajstić information content (AvgIpc) is 2.95. The van der Waals surface area contributed by atoms with Crippen molar-refractivity contribution in [1.82, 2.24) is 10.8 Å². The van der Waals surface area contributed by atoms with Crippen LogP contribution >= 0.6 is 0 Å². The fourth-order valence-corrected chi connectivity index (χ4v) is 7.15. The summed E-state index contributed by atoms with van der Waals surface area (Å²) in [5.74, 6) is -4.79. The SMILES string of the molecule is O=C(O)C1CC(O)CCC1CONC1CCC(OC2CCC(NC(=O)C3CCC([N+](=O)[O-])CC3C(=O)O)CC2)CC1. The van der Waals surface area contributed by atoms with Crippen molar-refractivity contribution in [3.63, 3.8) is 0 Å². The van der Waals surface area contributed by atoms with Crippen molar-refractivity contribution in [3.8, 4) is 0 Å². The Kier molecular flexibility index (Phi) is 11.3. The first-order chi connectivity index (χ1) is 19.6. The van der Waals surface area contributed by atoms with Gasteiger partial charge < -0.3 is 30.2 Å². The number of aliphatic hydroxyl groups excluding tert-OH is 1. The van der Waals surface area contributed by atoms with Gasteiger partial charge in [0, 0.05) is 29.8 Å². The zero-order valence-corrected chi connectivity index (χ0v) is 23.5. The van der Waals surface area contributed by atoms with Crippen molar-refractivity contribution in [2.75, 3.05) is 6.61 Å². The molecule has 0 heterocycles. The molecule has 0 radical (unpaired) electrons. The monoisotopic (exact) mass is 583 g/mol. The van der Waals surface area contributed by atoms with E-state index in [2.05, 4.69) is 10.8 Å². The Morgan fingerprint density at radius 3 is 1.95 bits per heavy atom. The standard InChI is InChI=1S/C28H45N3O10/c32-20-7-1-16(24(14-20)27(34)35)15-40-30-18-4-10-22(11-5-18)41-21-8-2-17(3-9-21)29-26(33)23-12-6-19(31(38)39)13-25(23)28(36)37/h16-25,30,32H,1-15H2,(H,29,33)(H,34,35)(H,36,37). The molecule has 4 saturated carbocycles. The van der Waals surface area contributed by atoms with Crippen LogP contribution in [0.3, 0.4) is 0 Å². The molecule has 0 bridgehead atoms. The Morgan fingerprint density at radius 1 is 0.756 bits per heavy atom. The number of carbonyl (C=O) groups is 3. The number of nitro groups is 1. The number of hydrogen-bond acceptors (Lipinski definition) is 9. The molecule has 4 fully saturated rings. The second kappa shape index (κ2) is 14.7. The molecular formula is C28H45N3O10. The Bertz CT molecular complexity index is 919. The van der Waals surface area contributed by atoms with E-state index in [0.717, 1.165) is 51.4 Å². The Balaban J connectivity index is 1.11. The van der Waals surface area contributed by atoms with Gasteiger partial charge in [-0.2, -0.15) is 5.48 Å². The molecule has 0 aliphatic heterocycles. The minimum atomic E-state index is -1.15. The van der Waals surface area contributed by atoms with E-state index in [1.165, 1.54) is 0 Å². The molecule has 6 atom stereocenters. The third-order valence-electron chi connectivity index (χ3n) is 9.68. The van der Waals surface area contributed by atoms with Gasteiger partial charge in [-0.25, -0.2) is 0 Å². The van der Waals surface area contributed by atoms with Crippen LogP contribution in [0.1, 0.15) is 89.9 Å². The van der Waals surface area contributed by atoms with Gasteiger partial charge in [-0.15, -0.1) is 0 Å². The third kappa shape index (κ3) is 8.82. The summed E-state index contributed by atoms with van der Waals surface area (Å²) in [4.78, 5) is 52.5. The second-order valence-corrected chi connectivity index (χ2v) is 12.5. The third-order valence-corrected chi connectivity index (χ3v) is 9.68. The number of carboxylic acid groups (broad SMARTS) is 2. The minimum absolute atomic E-state index is 0.0460. The Labute approximate surface area is 239 Å². The number of carboxylic acids is 2. The molecule has 0 saturated heterocycles. The van der Waals surface area contributed by atoms with E-state index < -0.39 is 46.8 Å². The molecule has 1 amide bonds. The largest absolute Gasteiger partial charge is 0.481 e. The molecule has 13 heteroatoms. The van der Waals surface area contributed by atoms with Crippen LogP contribution in [-0.2, 0) is 24.0 Å². The van der Waals surface area contributed by atoms with Crippen LogP contribution in [0.25, 0.3) is 0 Å². The van der Waals surface area contributed by atoms with Gasteiger partial charge in [0.2, 0.25) is 11.9 Å². The van der Waals surface area contributed by atoms with Gasteiger partial charge in [-0.05, 0) is 83.0 Å². The van der Waals surface area contributed by atoms with Crippen molar-refractivity contribution in [3.05, 3.63) is 10.1 Å². The number of nitrogens with zero attached hydrogens (tertiary/aromatic N) is 1. The average molecular weight is 584 g/mol. The van der Waals surface area contributed by atoms with Gasteiger partial charge in [0.05, 0.1) is 42.7 Å². The molecule has 0 aromatic heterocycles. The summed E-state index contributed by atoms with van der Waals surface area (Å²) in [5.41, 5.74) is 3.11. The summed E-state index contributed by atoms with van der Waals surface area (Å²) < 4.78 is 6.37. The van der Waals surface area contributed by atoms with Gasteiger partial charge in [0.15, 0.2) is 0 Å². The van der Waals surface area contributed by atoms with Crippen LogP contribution in [0.15, 0.2) is 0 Å². The summed E-state index contributed by atoms with van der Waals surface area (Å²) >= 11 is 0. The number of amides is 1. The maximum atomic E-state index is 12.9. The van der Waals surface area contributed by atoms with Gasteiger partial charge in [-0.1, -0.05) is 0 Å². The highest BCUT2D eigenvalue weighted by molar-refractivity contribution is 5.85. The zero-order valence-electron chi connectivity index (χ0n) is 23.5. The van der Waals surface area contributed by atoms with Gasteiger partial charge in [0.25, 0.3) is 0 Å². The first-order valence-corrected chi connectivity index (χ1v) is 15.2. The fraction of sp³-hybridized carbons (Fsp3) is 0.893. The van der Waals surface area contributed by atoms with Crippen molar-refractivity contribution in [1.29, 1.82) is 0 Å². The summed E-state index contributed by atoms with van der Waals surface area (Å²) in [6.07, 6.45) is 8.26. The number of nitrogens with one attached hydrogen (secondary N) is 2. The first-order valence-electron chi connectivity index (χ1n) is 15.2. The van der Waals surface area contributed by atoms with Crippen molar-refractivity contribution in [2.45, 2.75) is 126 Å². The van der Waals surface area contributed by atoms with E-state index >= 15 is 0 Å². The number of carbonyl (C=O) groups excluding carboxylic acids is 1. The van der Waals surface area contributed by atoms with Gasteiger partial charge >= 0.3 is 11.9 Å². The summed E-state index contributed by atoms with van der Waals surface area (Å²) in [5, 5.41) is 42.9. The van der Waals surface area contributed by atoms with E-state index in [0.29, 0.717) is 19.4 Å². The highest BCUT2D eigenvalue weighted by Gasteiger charge is 2.44.